The fraction of sp³-hybridized carbons (Fsp3) is 0.438. The number of amides is 1. The van der Waals surface area contributed by atoms with Crippen LogP contribution in [0.3, 0.4) is 0 Å². The van der Waals surface area contributed by atoms with Gasteiger partial charge in [0.15, 0.2) is 11.5 Å². The molecule has 6 nitrogen and oxygen atoms in total. The maximum atomic E-state index is 11.9. The predicted octanol–water partition coefficient (Wildman–Crippen LogP) is 2.52. The smallest absolute Gasteiger partial charge is 0.326 e. The van der Waals surface area contributed by atoms with Gasteiger partial charge < -0.3 is 14.8 Å². The molecule has 0 aliphatic carbocycles. The van der Waals surface area contributed by atoms with Gasteiger partial charge in [-0.2, -0.15) is 0 Å². The van der Waals surface area contributed by atoms with Crippen molar-refractivity contribution in [3.63, 3.8) is 0 Å². The average Bonchev–Trinajstić information content (AvgIpc) is 2.92. The molecule has 118 valence electrons. The highest BCUT2D eigenvalue weighted by atomic mass is 16.4. The molecule has 1 heterocycles. The number of nitrogens with zero attached hydrogens (tertiary/aromatic N) is 1. The summed E-state index contributed by atoms with van der Waals surface area (Å²) in [6, 6.07) is 6.56. The van der Waals surface area contributed by atoms with Crippen molar-refractivity contribution in [1.82, 2.24) is 10.3 Å². The molecule has 2 N–H and O–H groups in total. The monoisotopic (exact) mass is 304 g/mol. The van der Waals surface area contributed by atoms with E-state index in [4.69, 9.17) is 9.52 Å². The summed E-state index contributed by atoms with van der Waals surface area (Å²) in [7, 11) is 0. The summed E-state index contributed by atoms with van der Waals surface area (Å²) in [5.74, 6) is -0.814. The van der Waals surface area contributed by atoms with Crippen LogP contribution in [0.1, 0.15) is 38.5 Å². The molecular weight excluding hydrogens is 284 g/mol. The van der Waals surface area contributed by atoms with Crippen LogP contribution in [0.5, 0.6) is 0 Å². The molecule has 1 aromatic heterocycles. The van der Waals surface area contributed by atoms with Crippen molar-refractivity contribution in [2.45, 2.75) is 45.1 Å². The Hall–Kier alpha value is -2.37. The van der Waals surface area contributed by atoms with Crippen LogP contribution < -0.4 is 5.32 Å². The normalized spacial score (nSPS) is 12.2. The van der Waals surface area contributed by atoms with Gasteiger partial charge in [0.25, 0.3) is 0 Å². The molecule has 1 atom stereocenters. The summed E-state index contributed by atoms with van der Waals surface area (Å²) >= 11 is 0. The van der Waals surface area contributed by atoms with Crippen LogP contribution in [0, 0.1) is 0 Å². The SMILES string of the molecule is CCCCC(NC(=O)CCc1nc2ccccc2o1)C(=O)O. The van der Waals surface area contributed by atoms with Gasteiger partial charge in [-0.05, 0) is 18.6 Å². The summed E-state index contributed by atoms with van der Waals surface area (Å²) < 4.78 is 5.53. The molecule has 1 amide bonds. The van der Waals surface area contributed by atoms with Gasteiger partial charge in [0, 0.05) is 12.8 Å². The number of unbranched alkanes of at least 4 members (excludes halogenated alkanes) is 1. The topological polar surface area (TPSA) is 92.4 Å². The number of hydrogen-bond acceptors (Lipinski definition) is 4. The second-order valence-electron chi connectivity index (χ2n) is 5.18. The molecule has 0 saturated carbocycles. The third-order valence-corrected chi connectivity index (χ3v) is 3.38. The van der Waals surface area contributed by atoms with Gasteiger partial charge in [-0.3, -0.25) is 4.79 Å². The second-order valence-corrected chi connectivity index (χ2v) is 5.18. The van der Waals surface area contributed by atoms with Gasteiger partial charge in [0.05, 0.1) is 0 Å². The first-order valence-corrected chi connectivity index (χ1v) is 7.46. The number of fused-ring (bicyclic) bond motifs is 1. The minimum atomic E-state index is -0.997. The zero-order valence-electron chi connectivity index (χ0n) is 12.5. The van der Waals surface area contributed by atoms with Crippen molar-refractivity contribution >= 4 is 23.0 Å². The van der Waals surface area contributed by atoms with E-state index < -0.39 is 12.0 Å². The highest BCUT2D eigenvalue weighted by Gasteiger charge is 2.19. The van der Waals surface area contributed by atoms with E-state index in [0.717, 1.165) is 18.4 Å². The molecule has 0 spiro atoms. The predicted molar refractivity (Wildman–Crippen MR) is 81.4 cm³/mol. The van der Waals surface area contributed by atoms with Crippen LogP contribution in [0.2, 0.25) is 0 Å². The van der Waals surface area contributed by atoms with E-state index in [9.17, 15) is 9.59 Å². The van der Waals surface area contributed by atoms with Crippen LogP contribution in [0.25, 0.3) is 11.1 Å². The first-order chi connectivity index (χ1) is 10.6. The molecule has 0 saturated heterocycles. The molecule has 0 radical (unpaired) electrons. The number of carboxylic acids is 1. The summed E-state index contributed by atoms with van der Waals surface area (Å²) in [5.41, 5.74) is 1.44. The number of para-hydroxylation sites is 2. The van der Waals surface area contributed by atoms with E-state index in [0.29, 0.717) is 24.3 Å². The van der Waals surface area contributed by atoms with E-state index in [1.54, 1.807) is 0 Å². The largest absolute Gasteiger partial charge is 0.480 e. The van der Waals surface area contributed by atoms with E-state index in [-0.39, 0.29) is 12.3 Å². The van der Waals surface area contributed by atoms with Crippen LogP contribution >= 0.6 is 0 Å². The van der Waals surface area contributed by atoms with Crippen molar-refractivity contribution in [3.05, 3.63) is 30.2 Å². The number of carboxylic acid groups (broad SMARTS) is 1. The van der Waals surface area contributed by atoms with Gasteiger partial charge in [0.2, 0.25) is 5.91 Å². The van der Waals surface area contributed by atoms with E-state index in [2.05, 4.69) is 10.3 Å². The molecule has 2 aromatic rings. The maximum Gasteiger partial charge on any atom is 0.326 e. The Balaban J connectivity index is 1.87. The Morgan fingerprint density at radius 1 is 1.36 bits per heavy atom. The zero-order chi connectivity index (χ0) is 15.9. The molecule has 0 bridgehead atoms. The molecule has 0 fully saturated rings. The van der Waals surface area contributed by atoms with Crippen LogP contribution in [-0.2, 0) is 16.0 Å². The molecule has 6 heteroatoms. The summed E-state index contributed by atoms with van der Waals surface area (Å²) in [6.07, 6.45) is 2.61. The van der Waals surface area contributed by atoms with E-state index >= 15 is 0 Å². The Kier molecular flexibility index (Phi) is 5.52. The van der Waals surface area contributed by atoms with Crippen molar-refractivity contribution in [1.29, 1.82) is 0 Å². The standard InChI is InChI=1S/C16H20N2O4/c1-2-3-6-12(16(20)21)17-14(19)9-10-15-18-11-7-4-5-8-13(11)22-15/h4-5,7-8,12H,2-3,6,9-10H2,1H3,(H,17,19)(H,20,21). The molecule has 2 rings (SSSR count). The van der Waals surface area contributed by atoms with Crippen LogP contribution in [0.4, 0.5) is 0 Å². The minimum absolute atomic E-state index is 0.155. The zero-order valence-corrected chi connectivity index (χ0v) is 12.5. The van der Waals surface area contributed by atoms with Crippen molar-refractivity contribution in [2.75, 3.05) is 0 Å². The number of hydrogen-bond donors (Lipinski definition) is 2. The molecule has 22 heavy (non-hydrogen) atoms. The lowest BCUT2D eigenvalue weighted by molar-refractivity contribution is -0.142. The van der Waals surface area contributed by atoms with Gasteiger partial charge in [-0.15, -0.1) is 0 Å². The van der Waals surface area contributed by atoms with Gasteiger partial charge >= 0.3 is 5.97 Å². The summed E-state index contributed by atoms with van der Waals surface area (Å²) in [5, 5.41) is 11.6. The minimum Gasteiger partial charge on any atom is -0.480 e. The molecular formula is C16H20N2O4. The van der Waals surface area contributed by atoms with Gasteiger partial charge in [-0.1, -0.05) is 31.9 Å². The van der Waals surface area contributed by atoms with E-state index in [1.807, 2.05) is 31.2 Å². The maximum absolute atomic E-state index is 11.9. The molecule has 1 unspecified atom stereocenters. The number of carbonyl (C=O) groups is 2. The van der Waals surface area contributed by atoms with Crippen molar-refractivity contribution in [2.24, 2.45) is 0 Å². The Morgan fingerprint density at radius 2 is 2.14 bits per heavy atom. The number of oxazole rings is 1. The Labute approximate surface area is 128 Å². The number of carbonyl (C=O) groups excluding carboxylic acids is 1. The molecule has 0 aliphatic heterocycles. The number of aliphatic carboxylic acids is 1. The third-order valence-electron chi connectivity index (χ3n) is 3.38. The average molecular weight is 304 g/mol. The van der Waals surface area contributed by atoms with Crippen molar-refractivity contribution < 1.29 is 19.1 Å². The van der Waals surface area contributed by atoms with Crippen LogP contribution in [0.15, 0.2) is 28.7 Å². The second kappa shape index (κ2) is 7.59. The quantitative estimate of drug-likeness (QED) is 0.781. The van der Waals surface area contributed by atoms with Gasteiger partial charge in [-0.25, -0.2) is 9.78 Å². The number of rotatable bonds is 8. The fourth-order valence-corrected chi connectivity index (χ4v) is 2.18. The Bertz CT molecular complexity index is 617. The highest BCUT2D eigenvalue weighted by Crippen LogP contribution is 2.15. The lowest BCUT2D eigenvalue weighted by atomic mass is 10.1. The summed E-state index contributed by atoms with van der Waals surface area (Å²) in [4.78, 5) is 27.2. The number of aromatic nitrogens is 1. The first-order valence-electron chi connectivity index (χ1n) is 7.46. The molecule has 1 aromatic carbocycles. The van der Waals surface area contributed by atoms with Crippen molar-refractivity contribution in [3.8, 4) is 0 Å². The lowest BCUT2D eigenvalue weighted by Gasteiger charge is -2.13. The number of nitrogens with one attached hydrogen (secondary N) is 1. The molecule has 0 aliphatic rings. The number of benzene rings is 1. The fourth-order valence-electron chi connectivity index (χ4n) is 2.18. The van der Waals surface area contributed by atoms with Crippen LogP contribution in [-0.4, -0.2) is 28.0 Å². The van der Waals surface area contributed by atoms with Gasteiger partial charge in [0.1, 0.15) is 11.6 Å². The first kappa shape index (κ1) is 16.0. The van der Waals surface area contributed by atoms with E-state index in [1.165, 1.54) is 0 Å². The highest BCUT2D eigenvalue weighted by molar-refractivity contribution is 5.83. The Morgan fingerprint density at radius 3 is 2.82 bits per heavy atom. The third kappa shape index (κ3) is 4.31. The number of aryl methyl sites for hydroxylation is 1. The summed E-state index contributed by atoms with van der Waals surface area (Å²) in [6.45, 7) is 1.98. The lowest BCUT2D eigenvalue weighted by Crippen LogP contribution is -2.40.